The molecule has 0 radical (unpaired) electrons. The quantitative estimate of drug-likeness (QED) is 0.595. The maximum absolute atomic E-state index is 11.6. The first-order valence-corrected chi connectivity index (χ1v) is 9.83. The van der Waals surface area contributed by atoms with Crippen molar-refractivity contribution in [1.82, 2.24) is 15.1 Å². The van der Waals surface area contributed by atoms with Crippen LogP contribution < -0.4 is 14.8 Å². The first-order valence-electron chi connectivity index (χ1n) is 9.83. The second-order valence-electron chi connectivity index (χ2n) is 7.62. The normalized spacial score (nSPS) is 15.4. The van der Waals surface area contributed by atoms with Crippen LogP contribution in [-0.4, -0.2) is 75.2 Å². The topological polar surface area (TPSA) is 66.4 Å². The number of piperazine rings is 1. The molecule has 1 aromatic rings. The largest absolute Gasteiger partial charge is 0.493 e. The molecule has 0 bridgehead atoms. The zero-order chi connectivity index (χ0) is 20.7. The zero-order valence-electron chi connectivity index (χ0n) is 18.0. The van der Waals surface area contributed by atoms with Crippen molar-refractivity contribution < 1.29 is 14.3 Å². The van der Waals surface area contributed by atoms with E-state index in [-0.39, 0.29) is 11.3 Å². The molecule has 1 aliphatic rings. The number of hydrogen-bond donors (Lipinski definition) is 1. The number of rotatable bonds is 6. The minimum Gasteiger partial charge on any atom is -0.493 e. The van der Waals surface area contributed by atoms with Gasteiger partial charge in [-0.3, -0.25) is 9.79 Å². The van der Waals surface area contributed by atoms with Crippen LogP contribution in [0.1, 0.15) is 33.3 Å². The third-order valence-electron chi connectivity index (χ3n) is 5.15. The molecule has 1 fully saturated rings. The van der Waals surface area contributed by atoms with E-state index in [1.807, 2.05) is 17.0 Å². The molecule has 156 valence electrons. The summed E-state index contributed by atoms with van der Waals surface area (Å²) in [6.07, 6.45) is 0. The molecule has 0 atom stereocenters. The number of benzene rings is 1. The second kappa shape index (κ2) is 9.66. The standard InChI is InChI=1S/C21H34N4O3/c1-7-22-20(25-12-10-24(11-13-25)16(2)26)23-15-21(3,4)17-8-9-18(27-5)19(14-17)28-6/h8-9,14H,7,10-13,15H2,1-6H3,(H,22,23). The number of carbonyl (C=O) groups excluding carboxylic acids is 1. The number of amides is 1. The number of guanidine groups is 1. The predicted octanol–water partition coefficient (Wildman–Crippen LogP) is 2.11. The summed E-state index contributed by atoms with van der Waals surface area (Å²) in [6, 6.07) is 6.02. The number of methoxy groups -OCH3 is 2. The number of nitrogens with one attached hydrogen (secondary N) is 1. The summed E-state index contributed by atoms with van der Waals surface area (Å²) >= 11 is 0. The van der Waals surface area contributed by atoms with Crippen molar-refractivity contribution in [3.8, 4) is 11.5 Å². The van der Waals surface area contributed by atoms with E-state index in [1.165, 1.54) is 0 Å². The second-order valence-corrected chi connectivity index (χ2v) is 7.62. The van der Waals surface area contributed by atoms with Crippen molar-refractivity contribution in [2.24, 2.45) is 4.99 Å². The molecule has 0 saturated carbocycles. The Morgan fingerprint density at radius 1 is 1.11 bits per heavy atom. The van der Waals surface area contributed by atoms with Gasteiger partial charge in [-0.05, 0) is 24.6 Å². The van der Waals surface area contributed by atoms with Gasteiger partial charge < -0.3 is 24.6 Å². The van der Waals surface area contributed by atoms with Crippen molar-refractivity contribution in [3.05, 3.63) is 23.8 Å². The number of ether oxygens (including phenoxy) is 2. The fourth-order valence-electron chi connectivity index (χ4n) is 3.28. The summed E-state index contributed by atoms with van der Waals surface area (Å²) in [5.41, 5.74) is 0.979. The highest BCUT2D eigenvalue weighted by atomic mass is 16.5. The molecule has 2 rings (SSSR count). The van der Waals surface area contributed by atoms with Crippen molar-refractivity contribution in [1.29, 1.82) is 0 Å². The summed E-state index contributed by atoms with van der Waals surface area (Å²) in [6.45, 7) is 12.5. The Morgan fingerprint density at radius 3 is 2.25 bits per heavy atom. The molecule has 0 unspecified atom stereocenters. The zero-order valence-corrected chi connectivity index (χ0v) is 18.0. The summed E-state index contributed by atoms with van der Waals surface area (Å²) < 4.78 is 10.8. The molecular formula is C21H34N4O3. The van der Waals surface area contributed by atoms with Gasteiger partial charge >= 0.3 is 0 Å². The maximum atomic E-state index is 11.6. The van der Waals surface area contributed by atoms with Crippen molar-refractivity contribution in [2.45, 2.75) is 33.1 Å². The molecule has 7 nitrogen and oxygen atoms in total. The van der Waals surface area contributed by atoms with Gasteiger partial charge in [0.25, 0.3) is 0 Å². The third kappa shape index (κ3) is 5.30. The van der Waals surface area contributed by atoms with Gasteiger partial charge in [0.05, 0.1) is 20.8 Å². The third-order valence-corrected chi connectivity index (χ3v) is 5.15. The summed E-state index contributed by atoms with van der Waals surface area (Å²) in [7, 11) is 3.29. The van der Waals surface area contributed by atoms with Gasteiger partial charge in [0, 0.05) is 45.1 Å². The van der Waals surface area contributed by atoms with Crippen LogP contribution in [0, 0.1) is 0 Å². The van der Waals surface area contributed by atoms with E-state index in [0.29, 0.717) is 6.54 Å². The molecule has 0 aromatic heterocycles. The smallest absolute Gasteiger partial charge is 0.219 e. The highest BCUT2D eigenvalue weighted by molar-refractivity contribution is 5.80. The molecule has 1 saturated heterocycles. The number of carbonyl (C=O) groups is 1. The molecule has 1 aromatic carbocycles. The molecule has 0 spiro atoms. The van der Waals surface area contributed by atoms with E-state index in [4.69, 9.17) is 14.5 Å². The Hall–Kier alpha value is -2.44. The molecule has 7 heteroatoms. The number of aliphatic imine (C=N–C) groups is 1. The minimum atomic E-state index is -0.165. The Labute approximate surface area is 168 Å². The first-order chi connectivity index (χ1) is 13.3. The van der Waals surface area contributed by atoms with Crippen LogP contribution in [-0.2, 0) is 10.2 Å². The summed E-state index contributed by atoms with van der Waals surface area (Å²) in [4.78, 5) is 20.6. The van der Waals surface area contributed by atoms with Gasteiger partial charge in [0.1, 0.15) is 0 Å². The monoisotopic (exact) mass is 390 g/mol. The van der Waals surface area contributed by atoms with Crippen LogP contribution in [0.3, 0.4) is 0 Å². The van der Waals surface area contributed by atoms with Crippen molar-refractivity contribution in [2.75, 3.05) is 53.5 Å². The van der Waals surface area contributed by atoms with E-state index < -0.39 is 0 Å². The fraction of sp³-hybridized carbons (Fsp3) is 0.619. The lowest BCUT2D eigenvalue weighted by molar-refractivity contribution is -0.130. The van der Waals surface area contributed by atoms with Crippen LogP contribution in [0.25, 0.3) is 0 Å². The lowest BCUT2D eigenvalue weighted by Gasteiger charge is -2.36. The van der Waals surface area contributed by atoms with E-state index in [2.05, 4.69) is 37.1 Å². The highest BCUT2D eigenvalue weighted by Crippen LogP contribution is 2.33. The number of hydrogen-bond acceptors (Lipinski definition) is 4. The molecule has 28 heavy (non-hydrogen) atoms. The first kappa shape index (κ1) is 21.9. The summed E-state index contributed by atoms with van der Waals surface area (Å²) in [5.74, 6) is 2.49. The minimum absolute atomic E-state index is 0.135. The Morgan fingerprint density at radius 2 is 1.71 bits per heavy atom. The van der Waals surface area contributed by atoms with Gasteiger partial charge in [-0.2, -0.15) is 0 Å². The van der Waals surface area contributed by atoms with Crippen LogP contribution in [0.2, 0.25) is 0 Å². The van der Waals surface area contributed by atoms with Gasteiger partial charge in [-0.15, -0.1) is 0 Å². The van der Waals surface area contributed by atoms with Crippen LogP contribution in [0.15, 0.2) is 23.2 Å². The SMILES string of the molecule is CCNC(=NCC(C)(C)c1ccc(OC)c(OC)c1)N1CCN(C(C)=O)CC1. The fourth-order valence-corrected chi connectivity index (χ4v) is 3.28. The average Bonchev–Trinajstić information content (AvgIpc) is 2.70. The molecular weight excluding hydrogens is 356 g/mol. The van der Waals surface area contributed by atoms with E-state index in [0.717, 1.165) is 55.7 Å². The van der Waals surface area contributed by atoms with Crippen molar-refractivity contribution in [3.63, 3.8) is 0 Å². The van der Waals surface area contributed by atoms with Gasteiger partial charge in [0.15, 0.2) is 17.5 Å². The average molecular weight is 391 g/mol. The molecule has 1 N–H and O–H groups in total. The van der Waals surface area contributed by atoms with Gasteiger partial charge in [-0.25, -0.2) is 0 Å². The lowest BCUT2D eigenvalue weighted by Crippen LogP contribution is -2.53. The van der Waals surface area contributed by atoms with Crippen molar-refractivity contribution >= 4 is 11.9 Å². The summed E-state index contributed by atoms with van der Waals surface area (Å²) in [5, 5.41) is 3.39. The predicted molar refractivity (Wildman–Crippen MR) is 112 cm³/mol. The Bertz CT molecular complexity index is 695. The van der Waals surface area contributed by atoms with Crippen LogP contribution in [0.5, 0.6) is 11.5 Å². The maximum Gasteiger partial charge on any atom is 0.219 e. The van der Waals surface area contributed by atoms with E-state index in [1.54, 1.807) is 21.1 Å². The number of nitrogens with zero attached hydrogens (tertiary/aromatic N) is 3. The van der Waals surface area contributed by atoms with E-state index in [9.17, 15) is 4.79 Å². The highest BCUT2D eigenvalue weighted by Gasteiger charge is 2.25. The van der Waals surface area contributed by atoms with Crippen LogP contribution >= 0.6 is 0 Å². The van der Waals surface area contributed by atoms with E-state index >= 15 is 0 Å². The molecule has 0 aliphatic carbocycles. The van der Waals surface area contributed by atoms with Crippen LogP contribution in [0.4, 0.5) is 0 Å². The van der Waals surface area contributed by atoms with Gasteiger partial charge in [0.2, 0.25) is 5.91 Å². The van der Waals surface area contributed by atoms with Gasteiger partial charge in [-0.1, -0.05) is 19.9 Å². The Kier molecular flexibility index (Phi) is 7.54. The lowest BCUT2D eigenvalue weighted by atomic mass is 9.84. The molecule has 1 aliphatic heterocycles. The Balaban J connectivity index is 2.13. The molecule has 1 heterocycles. The molecule has 1 amide bonds.